The van der Waals surface area contributed by atoms with E-state index in [1.165, 1.54) is 0 Å². The molecule has 0 amide bonds. The number of aromatic nitrogens is 2. The first-order valence-corrected chi connectivity index (χ1v) is 8.06. The number of para-hydroxylation sites is 1. The molecule has 0 aliphatic heterocycles. The molecule has 3 rings (SSSR count). The summed E-state index contributed by atoms with van der Waals surface area (Å²) in [4.78, 5) is 8.53. The summed E-state index contributed by atoms with van der Waals surface area (Å²) in [5.74, 6) is 1.64. The Morgan fingerprint density at radius 3 is 2.70 bits per heavy atom. The largest absolute Gasteiger partial charge is 0.497 e. The molecule has 0 saturated heterocycles. The maximum absolute atomic E-state index is 6.06. The van der Waals surface area contributed by atoms with Gasteiger partial charge in [-0.2, -0.15) is 0 Å². The van der Waals surface area contributed by atoms with Crippen molar-refractivity contribution < 1.29 is 9.47 Å². The van der Waals surface area contributed by atoms with Gasteiger partial charge in [-0.1, -0.05) is 18.2 Å². The minimum absolute atomic E-state index is 0. The van der Waals surface area contributed by atoms with Crippen LogP contribution in [0.5, 0.6) is 11.5 Å². The number of methoxy groups -OCH3 is 2. The number of hydrogen-bond acceptors (Lipinski definition) is 4. The molecule has 0 aliphatic rings. The van der Waals surface area contributed by atoms with E-state index in [0.717, 1.165) is 11.3 Å². The van der Waals surface area contributed by atoms with Crippen molar-refractivity contribution in [1.29, 1.82) is 0 Å². The Hall–Kier alpha value is -2.75. The van der Waals surface area contributed by atoms with Crippen molar-refractivity contribution in [2.24, 2.45) is 10.7 Å². The number of anilines is 1. The van der Waals surface area contributed by atoms with Gasteiger partial charge < -0.3 is 25.1 Å². The average Bonchev–Trinajstić information content (AvgIpc) is 3.21. The minimum atomic E-state index is 0. The van der Waals surface area contributed by atoms with Crippen LogP contribution in [0.3, 0.4) is 0 Å². The Morgan fingerprint density at radius 2 is 2.00 bits per heavy atom. The van der Waals surface area contributed by atoms with Gasteiger partial charge >= 0.3 is 0 Å². The number of guanidine groups is 1. The Bertz CT molecular complexity index is 897. The van der Waals surface area contributed by atoms with Crippen LogP contribution in [0.25, 0.3) is 5.69 Å². The molecule has 7 nitrogen and oxygen atoms in total. The van der Waals surface area contributed by atoms with E-state index in [1.54, 1.807) is 32.8 Å². The molecular formula is C19H22IN5O2. The molecule has 8 heteroatoms. The third-order valence-electron chi connectivity index (χ3n) is 3.86. The molecule has 2 aromatic carbocycles. The molecule has 142 valence electrons. The predicted molar refractivity (Wildman–Crippen MR) is 117 cm³/mol. The molecule has 0 spiro atoms. The third-order valence-corrected chi connectivity index (χ3v) is 3.86. The van der Waals surface area contributed by atoms with Crippen molar-refractivity contribution in [3.05, 3.63) is 66.7 Å². The highest BCUT2D eigenvalue weighted by Crippen LogP contribution is 2.28. The lowest BCUT2D eigenvalue weighted by molar-refractivity contribution is 0.405. The van der Waals surface area contributed by atoms with Crippen LogP contribution in [0.2, 0.25) is 0 Å². The van der Waals surface area contributed by atoms with Gasteiger partial charge in [-0.05, 0) is 23.8 Å². The van der Waals surface area contributed by atoms with E-state index < -0.39 is 0 Å². The maximum atomic E-state index is 6.06. The molecule has 0 fully saturated rings. The summed E-state index contributed by atoms with van der Waals surface area (Å²) in [6.07, 6.45) is 5.39. The number of nitrogens with two attached hydrogens (primary N) is 1. The molecule has 3 aromatic rings. The number of aliphatic imine (C=N–C) groups is 1. The van der Waals surface area contributed by atoms with Gasteiger partial charge in [0.2, 0.25) is 0 Å². The van der Waals surface area contributed by atoms with Gasteiger partial charge in [0.25, 0.3) is 0 Å². The SMILES string of the molecule is COc1ccc(OC)c(NC(N)=NCc2ccccc2-n2ccnc2)c1.I. The second-order valence-electron chi connectivity index (χ2n) is 5.49. The number of nitrogens with one attached hydrogen (secondary N) is 1. The number of ether oxygens (including phenoxy) is 2. The van der Waals surface area contributed by atoms with Gasteiger partial charge in [0.1, 0.15) is 11.5 Å². The molecule has 0 aliphatic carbocycles. The van der Waals surface area contributed by atoms with E-state index in [4.69, 9.17) is 15.2 Å². The molecule has 27 heavy (non-hydrogen) atoms. The Balaban J connectivity index is 0.00000261. The fraction of sp³-hybridized carbons (Fsp3) is 0.158. The Kier molecular flexibility index (Phi) is 7.47. The second-order valence-corrected chi connectivity index (χ2v) is 5.49. The minimum Gasteiger partial charge on any atom is -0.497 e. The lowest BCUT2D eigenvalue weighted by atomic mass is 10.2. The number of benzene rings is 2. The first kappa shape index (κ1) is 20.6. The smallest absolute Gasteiger partial charge is 0.193 e. The molecule has 1 heterocycles. The zero-order valence-corrected chi connectivity index (χ0v) is 17.5. The summed E-state index contributed by atoms with van der Waals surface area (Å²) < 4.78 is 12.5. The van der Waals surface area contributed by atoms with Gasteiger partial charge in [0.05, 0.1) is 38.5 Å². The zero-order valence-electron chi connectivity index (χ0n) is 15.1. The second kappa shape index (κ2) is 9.81. The highest BCUT2D eigenvalue weighted by atomic mass is 127. The Labute approximate surface area is 175 Å². The van der Waals surface area contributed by atoms with Crippen LogP contribution in [0, 0.1) is 0 Å². The highest BCUT2D eigenvalue weighted by Gasteiger charge is 2.07. The van der Waals surface area contributed by atoms with E-state index in [0.29, 0.717) is 23.7 Å². The summed E-state index contributed by atoms with van der Waals surface area (Å²) >= 11 is 0. The van der Waals surface area contributed by atoms with Crippen LogP contribution in [0.15, 0.2) is 66.2 Å². The fourth-order valence-corrected chi connectivity index (χ4v) is 2.56. The van der Waals surface area contributed by atoms with Crippen LogP contribution >= 0.6 is 24.0 Å². The number of rotatable bonds is 6. The molecule has 0 radical (unpaired) electrons. The molecule has 0 atom stereocenters. The fourth-order valence-electron chi connectivity index (χ4n) is 2.56. The molecule has 0 saturated carbocycles. The van der Waals surface area contributed by atoms with Crippen molar-refractivity contribution in [1.82, 2.24) is 9.55 Å². The van der Waals surface area contributed by atoms with Crippen LogP contribution in [0.4, 0.5) is 5.69 Å². The van der Waals surface area contributed by atoms with Crippen LogP contribution < -0.4 is 20.5 Å². The van der Waals surface area contributed by atoms with Crippen LogP contribution in [0.1, 0.15) is 5.56 Å². The van der Waals surface area contributed by atoms with E-state index >= 15 is 0 Å². The van der Waals surface area contributed by atoms with Gasteiger partial charge in [-0.15, -0.1) is 24.0 Å². The monoisotopic (exact) mass is 479 g/mol. The summed E-state index contributed by atoms with van der Waals surface area (Å²) in [6, 6.07) is 13.4. The van der Waals surface area contributed by atoms with Crippen molar-refractivity contribution in [3.63, 3.8) is 0 Å². The van der Waals surface area contributed by atoms with Gasteiger partial charge in [-0.25, -0.2) is 9.98 Å². The highest BCUT2D eigenvalue weighted by molar-refractivity contribution is 14.0. The van der Waals surface area contributed by atoms with Crippen molar-refractivity contribution in [2.75, 3.05) is 19.5 Å². The summed E-state index contributed by atoms with van der Waals surface area (Å²) in [6.45, 7) is 0.430. The van der Waals surface area contributed by atoms with Crippen molar-refractivity contribution in [2.45, 2.75) is 6.54 Å². The predicted octanol–water partition coefficient (Wildman–Crippen LogP) is 3.43. The molecule has 0 unspecified atom stereocenters. The van der Waals surface area contributed by atoms with E-state index in [1.807, 2.05) is 47.2 Å². The van der Waals surface area contributed by atoms with E-state index in [2.05, 4.69) is 15.3 Å². The topological polar surface area (TPSA) is 86.7 Å². The first-order valence-electron chi connectivity index (χ1n) is 8.06. The molecular weight excluding hydrogens is 457 g/mol. The van der Waals surface area contributed by atoms with Gasteiger partial charge in [0.15, 0.2) is 5.96 Å². The van der Waals surface area contributed by atoms with Crippen LogP contribution in [-0.4, -0.2) is 29.7 Å². The number of imidazole rings is 1. The standard InChI is InChI=1S/C19H21N5O2.HI/c1-25-15-7-8-18(26-2)16(11-15)23-19(20)22-12-14-5-3-4-6-17(14)24-10-9-21-13-24;/h3-11,13H,12H2,1-2H3,(H3,20,22,23);1H. The summed E-state index contributed by atoms with van der Waals surface area (Å²) in [5, 5.41) is 3.06. The van der Waals surface area contributed by atoms with Crippen molar-refractivity contribution >= 4 is 35.6 Å². The first-order chi connectivity index (χ1) is 12.7. The molecule has 0 bridgehead atoms. The maximum Gasteiger partial charge on any atom is 0.193 e. The zero-order chi connectivity index (χ0) is 18.4. The van der Waals surface area contributed by atoms with Crippen LogP contribution in [-0.2, 0) is 6.54 Å². The van der Waals surface area contributed by atoms with Crippen molar-refractivity contribution in [3.8, 4) is 17.2 Å². The molecule has 3 N–H and O–H groups in total. The number of nitrogens with zero attached hydrogens (tertiary/aromatic N) is 3. The Morgan fingerprint density at radius 1 is 1.19 bits per heavy atom. The average molecular weight is 479 g/mol. The third kappa shape index (κ3) is 5.13. The van der Waals surface area contributed by atoms with E-state index in [-0.39, 0.29) is 29.9 Å². The quantitative estimate of drug-likeness (QED) is 0.322. The van der Waals surface area contributed by atoms with Gasteiger partial charge in [-0.3, -0.25) is 0 Å². The normalized spacial score (nSPS) is 10.8. The lowest BCUT2D eigenvalue weighted by Gasteiger charge is -2.12. The van der Waals surface area contributed by atoms with E-state index in [9.17, 15) is 0 Å². The van der Waals surface area contributed by atoms with Gasteiger partial charge in [0, 0.05) is 18.5 Å². The molecule has 1 aromatic heterocycles. The summed E-state index contributed by atoms with van der Waals surface area (Å²) in [5.41, 5.74) is 8.80. The number of hydrogen-bond donors (Lipinski definition) is 2. The lowest BCUT2D eigenvalue weighted by Crippen LogP contribution is -2.23. The number of halogens is 1. The summed E-state index contributed by atoms with van der Waals surface area (Å²) in [7, 11) is 3.21.